The van der Waals surface area contributed by atoms with Crippen LogP contribution in [0.15, 0.2) is 18.6 Å². The fraction of sp³-hybridized carbons (Fsp3) is 0.308. The number of methoxy groups -OCH3 is 1. The van der Waals surface area contributed by atoms with Crippen molar-refractivity contribution in [1.29, 1.82) is 5.26 Å². The minimum atomic E-state index is 0.385. The molecule has 0 atom stereocenters. The molecular weight excluding hydrogens is 228 g/mol. The normalized spacial score (nSPS) is 10.1. The van der Waals surface area contributed by atoms with Crippen molar-refractivity contribution in [2.24, 2.45) is 0 Å². The Morgan fingerprint density at radius 2 is 2.17 bits per heavy atom. The third-order valence-electron chi connectivity index (χ3n) is 2.89. The number of hydrogen-bond acceptors (Lipinski definition) is 4. The van der Waals surface area contributed by atoms with Gasteiger partial charge in [0.25, 0.3) is 0 Å². The molecule has 5 nitrogen and oxygen atoms in total. The number of aromatic nitrogens is 3. The minimum Gasteiger partial charge on any atom is -0.496 e. The zero-order valence-corrected chi connectivity index (χ0v) is 10.6. The Morgan fingerprint density at radius 1 is 1.39 bits per heavy atom. The molecule has 0 aliphatic rings. The Bertz CT molecular complexity index is 610. The lowest BCUT2D eigenvalue weighted by molar-refractivity contribution is 0.406. The highest BCUT2D eigenvalue weighted by molar-refractivity contribution is 5.41. The van der Waals surface area contributed by atoms with Gasteiger partial charge in [0.15, 0.2) is 0 Å². The molecule has 2 aromatic heterocycles. The molecule has 2 aromatic rings. The van der Waals surface area contributed by atoms with Crippen molar-refractivity contribution in [3.63, 3.8) is 0 Å². The highest BCUT2D eigenvalue weighted by Gasteiger charge is 2.11. The first kappa shape index (κ1) is 12.1. The van der Waals surface area contributed by atoms with Crippen molar-refractivity contribution in [3.8, 4) is 11.8 Å². The van der Waals surface area contributed by atoms with Crippen LogP contribution in [0.4, 0.5) is 0 Å². The molecule has 0 saturated heterocycles. The van der Waals surface area contributed by atoms with Crippen LogP contribution in [0.1, 0.15) is 22.6 Å². The van der Waals surface area contributed by atoms with Crippen LogP contribution >= 0.6 is 0 Å². The van der Waals surface area contributed by atoms with Gasteiger partial charge in [-0.15, -0.1) is 0 Å². The third kappa shape index (κ3) is 2.05. The Hall–Kier alpha value is -2.35. The molecule has 0 spiro atoms. The third-order valence-corrected chi connectivity index (χ3v) is 2.89. The van der Waals surface area contributed by atoms with Crippen LogP contribution in [-0.2, 0) is 6.54 Å². The van der Waals surface area contributed by atoms with Gasteiger partial charge in [0.2, 0.25) is 5.82 Å². The van der Waals surface area contributed by atoms with E-state index in [1.165, 1.54) is 0 Å². The Labute approximate surface area is 106 Å². The summed E-state index contributed by atoms with van der Waals surface area (Å²) in [5.74, 6) is 1.23. The molecule has 0 aliphatic carbocycles. The molecule has 0 bridgehead atoms. The molecule has 0 radical (unpaired) electrons. The zero-order valence-electron chi connectivity index (χ0n) is 10.6. The second kappa shape index (κ2) is 4.88. The second-order valence-corrected chi connectivity index (χ2v) is 4.04. The summed E-state index contributed by atoms with van der Waals surface area (Å²) in [5, 5.41) is 8.92. The number of nitriles is 1. The Morgan fingerprint density at radius 3 is 2.83 bits per heavy atom. The van der Waals surface area contributed by atoms with E-state index in [-0.39, 0.29) is 0 Å². The number of imidazole rings is 1. The van der Waals surface area contributed by atoms with E-state index >= 15 is 0 Å². The lowest BCUT2D eigenvalue weighted by atomic mass is 10.1. The van der Waals surface area contributed by atoms with Gasteiger partial charge in [-0.3, -0.25) is 4.98 Å². The van der Waals surface area contributed by atoms with Crippen LogP contribution < -0.4 is 4.74 Å². The molecule has 0 unspecified atom stereocenters. The van der Waals surface area contributed by atoms with Crippen LogP contribution in [-0.4, -0.2) is 21.6 Å². The van der Waals surface area contributed by atoms with E-state index in [0.29, 0.717) is 12.4 Å². The number of ether oxygens (including phenoxy) is 1. The van der Waals surface area contributed by atoms with Crippen LogP contribution in [0.3, 0.4) is 0 Å². The standard InChI is InChI=1S/C13H14N4O/c1-9-7-16-11(10(2)13(9)18-3)8-17-5-4-15-12(17)6-14/h4-5,7H,8H2,1-3H3. The molecule has 0 N–H and O–H groups in total. The van der Waals surface area contributed by atoms with E-state index in [9.17, 15) is 0 Å². The van der Waals surface area contributed by atoms with Crippen molar-refractivity contribution < 1.29 is 4.74 Å². The number of hydrogen-bond donors (Lipinski definition) is 0. The first-order chi connectivity index (χ1) is 8.67. The first-order valence-electron chi connectivity index (χ1n) is 5.57. The van der Waals surface area contributed by atoms with Crippen LogP contribution in [0.2, 0.25) is 0 Å². The Kier molecular flexibility index (Phi) is 3.28. The molecule has 2 heterocycles. The van der Waals surface area contributed by atoms with Gasteiger partial charge >= 0.3 is 0 Å². The maximum atomic E-state index is 8.92. The minimum absolute atomic E-state index is 0.385. The van der Waals surface area contributed by atoms with E-state index < -0.39 is 0 Å². The molecule has 18 heavy (non-hydrogen) atoms. The van der Waals surface area contributed by atoms with Gasteiger partial charge in [-0.05, 0) is 13.8 Å². The summed E-state index contributed by atoms with van der Waals surface area (Å²) in [4.78, 5) is 8.36. The van der Waals surface area contributed by atoms with Crippen LogP contribution in [0.5, 0.6) is 5.75 Å². The van der Waals surface area contributed by atoms with Crippen LogP contribution in [0.25, 0.3) is 0 Å². The first-order valence-corrected chi connectivity index (χ1v) is 5.57. The number of rotatable bonds is 3. The summed E-state index contributed by atoms with van der Waals surface area (Å²) >= 11 is 0. The maximum Gasteiger partial charge on any atom is 0.213 e. The molecule has 0 aromatic carbocycles. The largest absolute Gasteiger partial charge is 0.496 e. The van der Waals surface area contributed by atoms with E-state index in [4.69, 9.17) is 10.00 Å². The average molecular weight is 242 g/mol. The smallest absolute Gasteiger partial charge is 0.213 e. The average Bonchev–Trinajstić information content (AvgIpc) is 2.81. The number of nitrogens with zero attached hydrogens (tertiary/aromatic N) is 4. The monoisotopic (exact) mass is 242 g/mol. The SMILES string of the molecule is COc1c(C)cnc(Cn2ccnc2C#N)c1C. The molecule has 2 rings (SSSR count). The molecule has 0 saturated carbocycles. The lowest BCUT2D eigenvalue weighted by Crippen LogP contribution is -2.07. The van der Waals surface area contributed by atoms with Gasteiger partial charge in [0, 0.05) is 29.7 Å². The zero-order chi connectivity index (χ0) is 13.1. The van der Waals surface area contributed by atoms with Gasteiger partial charge in [0.1, 0.15) is 11.8 Å². The number of pyridine rings is 1. The molecule has 5 heteroatoms. The van der Waals surface area contributed by atoms with E-state index in [2.05, 4.69) is 9.97 Å². The van der Waals surface area contributed by atoms with Gasteiger partial charge in [-0.1, -0.05) is 0 Å². The highest BCUT2D eigenvalue weighted by atomic mass is 16.5. The highest BCUT2D eigenvalue weighted by Crippen LogP contribution is 2.24. The van der Waals surface area contributed by atoms with Crippen molar-refractivity contribution >= 4 is 0 Å². The molecule has 92 valence electrons. The lowest BCUT2D eigenvalue weighted by Gasteiger charge is -2.12. The fourth-order valence-corrected chi connectivity index (χ4v) is 1.94. The van der Waals surface area contributed by atoms with Crippen LogP contribution in [0, 0.1) is 25.2 Å². The number of aryl methyl sites for hydroxylation is 1. The van der Waals surface area contributed by atoms with E-state index in [1.807, 2.05) is 19.9 Å². The van der Waals surface area contributed by atoms with E-state index in [1.54, 1.807) is 30.3 Å². The predicted molar refractivity (Wildman–Crippen MR) is 66.3 cm³/mol. The molecule has 0 aliphatic heterocycles. The Balaban J connectivity index is 2.39. The quantitative estimate of drug-likeness (QED) is 0.823. The maximum absolute atomic E-state index is 8.92. The topological polar surface area (TPSA) is 63.7 Å². The van der Waals surface area contributed by atoms with Gasteiger partial charge < -0.3 is 9.30 Å². The summed E-state index contributed by atoms with van der Waals surface area (Å²) in [6.45, 7) is 4.45. The second-order valence-electron chi connectivity index (χ2n) is 4.04. The summed E-state index contributed by atoms with van der Waals surface area (Å²) in [6.07, 6.45) is 5.16. The van der Waals surface area contributed by atoms with Gasteiger partial charge in [-0.25, -0.2) is 4.98 Å². The summed E-state index contributed by atoms with van der Waals surface area (Å²) in [6, 6.07) is 2.05. The van der Waals surface area contributed by atoms with E-state index in [0.717, 1.165) is 22.6 Å². The van der Waals surface area contributed by atoms with Crippen molar-refractivity contribution in [3.05, 3.63) is 41.2 Å². The van der Waals surface area contributed by atoms with Crippen molar-refractivity contribution in [1.82, 2.24) is 14.5 Å². The summed E-state index contributed by atoms with van der Waals surface area (Å²) < 4.78 is 7.13. The summed E-state index contributed by atoms with van der Waals surface area (Å²) in [5.41, 5.74) is 2.88. The molecular formula is C13H14N4O. The predicted octanol–water partition coefficient (Wildman–Crippen LogP) is 1.82. The molecule has 0 amide bonds. The summed E-state index contributed by atoms with van der Waals surface area (Å²) in [7, 11) is 1.65. The fourth-order valence-electron chi connectivity index (χ4n) is 1.94. The van der Waals surface area contributed by atoms with Gasteiger partial charge in [0.05, 0.1) is 19.3 Å². The van der Waals surface area contributed by atoms with Gasteiger partial charge in [-0.2, -0.15) is 5.26 Å². The van der Waals surface area contributed by atoms with Crippen molar-refractivity contribution in [2.45, 2.75) is 20.4 Å². The molecule has 0 fully saturated rings. The van der Waals surface area contributed by atoms with Crippen molar-refractivity contribution in [2.75, 3.05) is 7.11 Å².